The van der Waals surface area contributed by atoms with E-state index in [9.17, 15) is 21.2 Å². The summed E-state index contributed by atoms with van der Waals surface area (Å²) in [5.41, 5.74) is 4.72. The smallest absolute Gasteiger partial charge is 0.244 e. The van der Waals surface area contributed by atoms with E-state index in [1.807, 2.05) is 0 Å². The van der Waals surface area contributed by atoms with E-state index < -0.39 is 36.1 Å². The molecule has 9 heteroatoms. The summed E-state index contributed by atoms with van der Waals surface area (Å²) in [6.07, 6.45) is 0.164. The molecule has 3 N–H and O–H groups in total. The fraction of sp³-hybridized carbons (Fsp3) is 0.500. The van der Waals surface area contributed by atoms with E-state index in [1.165, 1.54) is 13.0 Å². The van der Waals surface area contributed by atoms with Crippen molar-refractivity contribution in [2.45, 2.75) is 30.3 Å². The van der Waals surface area contributed by atoms with Gasteiger partial charge in [-0.3, -0.25) is 0 Å². The molecule has 118 valence electrons. The SMILES string of the molecule is CC1(NS(=O)(=O)c2ccc(CN)cc2F)CCS(=O)(=O)C1. The summed E-state index contributed by atoms with van der Waals surface area (Å²) < 4.78 is 63.7. The highest BCUT2D eigenvalue weighted by atomic mass is 32.2. The van der Waals surface area contributed by atoms with Crippen LogP contribution in [0.15, 0.2) is 23.1 Å². The maximum Gasteiger partial charge on any atom is 0.244 e. The minimum absolute atomic E-state index is 0.0827. The third-order valence-corrected chi connectivity index (χ3v) is 6.98. The van der Waals surface area contributed by atoms with Gasteiger partial charge in [-0.1, -0.05) is 6.07 Å². The minimum Gasteiger partial charge on any atom is -0.326 e. The first-order chi connectivity index (χ1) is 9.57. The van der Waals surface area contributed by atoms with Crippen molar-refractivity contribution < 1.29 is 21.2 Å². The normalized spacial score (nSPS) is 25.1. The van der Waals surface area contributed by atoms with Gasteiger partial charge >= 0.3 is 0 Å². The van der Waals surface area contributed by atoms with E-state index in [1.54, 1.807) is 0 Å². The molecule has 1 fully saturated rings. The summed E-state index contributed by atoms with van der Waals surface area (Å²) in [6, 6.07) is 3.61. The van der Waals surface area contributed by atoms with Crippen molar-refractivity contribution in [3.8, 4) is 0 Å². The highest BCUT2D eigenvalue weighted by molar-refractivity contribution is 7.92. The van der Waals surface area contributed by atoms with Crippen molar-refractivity contribution in [2.75, 3.05) is 11.5 Å². The first-order valence-corrected chi connectivity index (χ1v) is 9.60. The van der Waals surface area contributed by atoms with E-state index in [4.69, 9.17) is 5.73 Å². The molecule has 0 aromatic heterocycles. The molecule has 6 nitrogen and oxygen atoms in total. The van der Waals surface area contributed by atoms with Gasteiger partial charge in [0.1, 0.15) is 10.7 Å². The molecule has 1 aliphatic heterocycles. The fourth-order valence-corrected chi connectivity index (χ4v) is 6.04. The van der Waals surface area contributed by atoms with Crippen LogP contribution in [0.1, 0.15) is 18.9 Å². The van der Waals surface area contributed by atoms with Gasteiger partial charge in [0.2, 0.25) is 10.0 Å². The third-order valence-electron chi connectivity index (χ3n) is 3.41. The zero-order valence-corrected chi connectivity index (χ0v) is 13.1. The summed E-state index contributed by atoms with van der Waals surface area (Å²) in [5.74, 6) is -1.28. The van der Waals surface area contributed by atoms with Crippen molar-refractivity contribution in [1.29, 1.82) is 0 Å². The van der Waals surface area contributed by atoms with Crippen LogP contribution in [0, 0.1) is 5.82 Å². The number of nitrogens with one attached hydrogen (secondary N) is 1. The molecule has 0 spiro atoms. The Kier molecular flexibility index (Phi) is 4.13. The zero-order valence-electron chi connectivity index (χ0n) is 11.5. The Morgan fingerprint density at radius 3 is 2.57 bits per heavy atom. The first-order valence-electron chi connectivity index (χ1n) is 6.30. The molecule has 1 aliphatic rings. The van der Waals surface area contributed by atoms with Gasteiger partial charge in [0.25, 0.3) is 0 Å². The Bertz CT molecular complexity index is 761. The van der Waals surface area contributed by atoms with Crippen LogP contribution in [-0.2, 0) is 26.4 Å². The average Bonchev–Trinajstić information content (AvgIpc) is 2.61. The molecular weight excluding hydrogens is 319 g/mol. The number of hydrogen-bond acceptors (Lipinski definition) is 5. The number of sulfonamides is 1. The molecule has 0 bridgehead atoms. The Hall–Kier alpha value is -1.03. The summed E-state index contributed by atoms with van der Waals surface area (Å²) in [6.45, 7) is 1.60. The van der Waals surface area contributed by atoms with Crippen LogP contribution >= 0.6 is 0 Å². The number of nitrogens with two attached hydrogens (primary N) is 1. The number of sulfone groups is 1. The van der Waals surface area contributed by atoms with Crippen molar-refractivity contribution in [1.82, 2.24) is 4.72 Å². The number of rotatable bonds is 4. The molecule has 1 unspecified atom stereocenters. The minimum atomic E-state index is -4.14. The average molecular weight is 336 g/mol. The topological polar surface area (TPSA) is 106 Å². The largest absolute Gasteiger partial charge is 0.326 e. The van der Waals surface area contributed by atoms with Crippen LogP contribution in [0.25, 0.3) is 0 Å². The van der Waals surface area contributed by atoms with Crippen LogP contribution in [0.4, 0.5) is 4.39 Å². The van der Waals surface area contributed by atoms with Gasteiger partial charge in [-0.15, -0.1) is 0 Å². The van der Waals surface area contributed by atoms with Gasteiger partial charge in [0.05, 0.1) is 11.5 Å². The zero-order chi connectivity index (χ0) is 15.9. The lowest BCUT2D eigenvalue weighted by molar-refractivity contribution is 0.458. The van der Waals surface area contributed by atoms with Crippen LogP contribution in [0.5, 0.6) is 0 Å². The monoisotopic (exact) mass is 336 g/mol. The Balaban J connectivity index is 2.31. The van der Waals surface area contributed by atoms with Crippen LogP contribution < -0.4 is 10.5 Å². The third kappa shape index (κ3) is 3.60. The van der Waals surface area contributed by atoms with E-state index >= 15 is 0 Å². The lowest BCUT2D eigenvalue weighted by Crippen LogP contribution is -2.46. The predicted molar refractivity (Wildman–Crippen MR) is 76.3 cm³/mol. The van der Waals surface area contributed by atoms with Crippen molar-refractivity contribution in [3.05, 3.63) is 29.6 Å². The lowest BCUT2D eigenvalue weighted by Gasteiger charge is -2.23. The van der Waals surface area contributed by atoms with Crippen LogP contribution in [-0.4, -0.2) is 33.9 Å². The Morgan fingerprint density at radius 2 is 2.10 bits per heavy atom. The molecule has 2 rings (SSSR count). The molecule has 0 radical (unpaired) electrons. The standard InChI is InChI=1S/C12H17FN2O4S2/c1-12(4-5-20(16,17)8-12)15-21(18,19)11-3-2-9(7-14)6-10(11)13/h2-3,6,15H,4-5,7-8,14H2,1H3. The van der Waals surface area contributed by atoms with Crippen molar-refractivity contribution in [3.63, 3.8) is 0 Å². The fourth-order valence-electron chi connectivity index (χ4n) is 2.36. The van der Waals surface area contributed by atoms with E-state index in [-0.39, 0.29) is 24.5 Å². The van der Waals surface area contributed by atoms with Crippen molar-refractivity contribution >= 4 is 19.9 Å². The molecule has 1 heterocycles. The van der Waals surface area contributed by atoms with Crippen molar-refractivity contribution in [2.24, 2.45) is 5.73 Å². The van der Waals surface area contributed by atoms with E-state index in [0.29, 0.717) is 5.56 Å². The molecule has 21 heavy (non-hydrogen) atoms. The quantitative estimate of drug-likeness (QED) is 0.813. The highest BCUT2D eigenvalue weighted by Crippen LogP contribution is 2.26. The second kappa shape index (κ2) is 5.31. The second-order valence-corrected chi connectivity index (χ2v) is 9.31. The number of benzene rings is 1. The summed E-state index contributed by atoms with van der Waals surface area (Å²) in [5, 5.41) is 0. The van der Waals surface area contributed by atoms with Gasteiger partial charge < -0.3 is 5.73 Å². The van der Waals surface area contributed by atoms with Gasteiger partial charge in [-0.25, -0.2) is 25.9 Å². The molecule has 1 saturated heterocycles. The molecule has 1 aromatic carbocycles. The highest BCUT2D eigenvalue weighted by Gasteiger charge is 2.41. The first kappa shape index (κ1) is 16.3. The number of halogens is 1. The van der Waals surface area contributed by atoms with Gasteiger partial charge in [0, 0.05) is 12.1 Å². The molecule has 1 atom stereocenters. The van der Waals surface area contributed by atoms with E-state index in [0.717, 1.165) is 12.1 Å². The molecule has 0 amide bonds. The molecular formula is C12H17FN2O4S2. The van der Waals surface area contributed by atoms with Crippen LogP contribution in [0.2, 0.25) is 0 Å². The lowest BCUT2D eigenvalue weighted by atomic mass is 10.0. The Morgan fingerprint density at radius 1 is 1.43 bits per heavy atom. The maximum absolute atomic E-state index is 13.9. The van der Waals surface area contributed by atoms with Crippen LogP contribution in [0.3, 0.4) is 0 Å². The van der Waals surface area contributed by atoms with Gasteiger partial charge in [0.15, 0.2) is 9.84 Å². The summed E-state index contributed by atoms with van der Waals surface area (Å²) in [4.78, 5) is -0.509. The van der Waals surface area contributed by atoms with Gasteiger partial charge in [-0.05, 0) is 31.0 Å². The molecule has 0 aliphatic carbocycles. The number of hydrogen-bond donors (Lipinski definition) is 2. The molecule has 0 saturated carbocycles. The molecule has 1 aromatic rings. The predicted octanol–water partition coefficient (Wildman–Crippen LogP) is 0.140. The maximum atomic E-state index is 13.9. The Labute approximate surface area is 123 Å². The summed E-state index contributed by atoms with van der Waals surface area (Å²) >= 11 is 0. The summed E-state index contributed by atoms with van der Waals surface area (Å²) in [7, 11) is -7.40. The van der Waals surface area contributed by atoms with Gasteiger partial charge in [-0.2, -0.15) is 0 Å². The second-order valence-electron chi connectivity index (χ2n) is 5.48. The van der Waals surface area contributed by atoms with E-state index in [2.05, 4.69) is 4.72 Å².